The van der Waals surface area contributed by atoms with Crippen molar-refractivity contribution in [2.45, 2.75) is 6.54 Å². The second-order valence-electron chi connectivity index (χ2n) is 4.30. The van der Waals surface area contributed by atoms with Crippen molar-refractivity contribution in [3.8, 4) is 21.8 Å². The number of hydrogen-bond acceptors (Lipinski definition) is 3. The third kappa shape index (κ3) is 3.07. The van der Waals surface area contributed by atoms with E-state index < -0.39 is 0 Å². The van der Waals surface area contributed by atoms with E-state index in [1.165, 1.54) is 0 Å². The monoisotopic (exact) mass is 302 g/mol. The fraction of sp³-hybridized carbons (Fsp3) is 0.0625. The van der Waals surface area contributed by atoms with Gasteiger partial charge in [0.2, 0.25) is 0 Å². The molecule has 1 heterocycles. The molecule has 0 amide bonds. The van der Waals surface area contributed by atoms with Gasteiger partial charge in [-0.05, 0) is 5.56 Å². The lowest BCUT2D eigenvalue weighted by molar-refractivity contribution is 1.07. The third-order valence-corrected chi connectivity index (χ3v) is 3.90. The summed E-state index contributed by atoms with van der Waals surface area (Å²) in [5.41, 5.74) is 10.1. The average molecular weight is 303 g/mol. The van der Waals surface area contributed by atoms with Crippen LogP contribution in [0.3, 0.4) is 0 Å². The van der Waals surface area contributed by atoms with Crippen molar-refractivity contribution in [2.75, 3.05) is 0 Å². The Morgan fingerprint density at radius 1 is 0.900 bits per heavy atom. The molecule has 0 aliphatic carbocycles. The molecule has 2 aromatic carbocycles. The first kappa shape index (κ1) is 14.7. The molecule has 0 bridgehead atoms. The summed E-state index contributed by atoms with van der Waals surface area (Å²) in [5, 5.41) is 3.14. The number of aromatic nitrogens is 1. The van der Waals surface area contributed by atoms with Gasteiger partial charge in [-0.3, -0.25) is 0 Å². The zero-order valence-electron chi connectivity index (χ0n) is 10.8. The van der Waals surface area contributed by atoms with Crippen molar-refractivity contribution >= 4 is 23.7 Å². The van der Waals surface area contributed by atoms with Gasteiger partial charge in [0.05, 0.1) is 5.69 Å². The Hall–Kier alpha value is -1.68. The molecular formula is C16H15ClN2S. The van der Waals surface area contributed by atoms with Gasteiger partial charge in [-0.15, -0.1) is 23.7 Å². The van der Waals surface area contributed by atoms with Crippen LogP contribution in [0.1, 0.15) is 5.56 Å². The van der Waals surface area contributed by atoms with E-state index in [-0.39, 0.29) is 12.4 Å². The largest absolute Gasteiger partial charge is 0.326 e. The van der Waals surface area contributed by atoms with Crippen LogP contribution in [0.4, 0.5) is 0 Å². The van der Waals surface area contributed by atoms with Crippen LogP contribution in [0.25, 0.3) is 21.8 Å². The minimum Gasteiger partial charge on any atom is -0.326 e. The maximum absolute atomic E-state index is 5.61. The SMILES string of the molecule is Cl.NCc1ccc(-c2nc(-c3ccccc3)cs2)cc1. The molecule has 0 atom stereocenters. The fourth-order valence-corrected chi connectivity index (χ4v) is 2.77. The zero-order valence-corrected chi connectivity index (χ0v) is 12.5. The van der Waals surface area contributed by atoms with Crippen molar-refractivity contribution < 1.29 is 0 Å². The summed E-state index contributed by atoms with van der Waals surface area (Å²) in [6.45, 7) is 0.577. The van der Waals surface area contributed by atoms with Gasteiger partial charge in [0, 0.05) is 23.1 Å². The van der Waals surface area contributed by atoms with Crippen molar-refractivity contribution in [3.05, 3.63) is 65.5 Å². The Morgan fingerprint density at radius 3 is 2.25 bits per heavy atom. The van der Waals surface area contributed by atoms with E-state index >= 15 is 0 Å². The summed E-state index contributed by atoms with van der Waals surface area (Å²) >= 11 is 1.67. The van der Waals surface area contributed by atoms with E-state index in [9.17, 15) is 0 Å². The highest BCUT2D eigenvalue weighted by Crippen LogP contribution is 2.28. The highest BCUT2D eigenvalue weighted by Gasteiger charge is 2.06. The van der Waals surface area contributed by atoms with E-state index in [4.69, 9.17) is 10.7 Å². The van der Waals surface area contributed by atoms with Crippen LogP contribution in [0.2, 0.25) is 0 Å². The van der Waals surface area contributed by atoms with Gasteiger partial charge < -0.3 is 5.73 Å². The van der Waals surface area contributed by atoms with Crippen molar-refractivity contribution in [3.63, 3.8) is 0 Å². The fourth-order valence-electron chi connectivity index (χ4n) is 1.93. The average Bonchev–Trinajstić information content (AvgIpc) is 2.98. The van der Waals surface area contributed by atoms with Gasteiger partial charge in [-0.2, -0.15) is 0 Å². The van der Waals surface area contributed by atoms with Gasteiger partial charge in [0.15, 0.2) is 0 Å². The molecule has 2 N–H and O–H groups in total. The minimum absolute atomic E-state index is 0. The topological polar surface area (TPSA) is 38.9 Å². The van der Waals surface area contributed by atoms with Crippen LogP contribution in [0, 0.1) is 0 Å². The van der Waals surface area contributed by atoms with Crippen molar-refractivity contribution in [1.82, 2.24) is 4.98 Å². The summed E-state index contributed by atoms with van der Waals surface area (Å²) in [5.74, 6) is 0. The van der Waals surface area contributed by atoms with E-state index in [1.807, 2.05) is 18.2 Å². The number of nitrogens with zero attached hydrogens (tertiary/aromatic N) is 1. The molecule has 4 heteroatoms. The second-order valence-corrected chi connectivity index (χ2v) is 5.16. The number of rotatable bonds is 3. The Kier molecular flexibility index (Phi) is 4.90. The molecule has 0 spiro atoms. The highest BCUT2D eigenvalue weighted by atomic mass is 35.5. The van der Waals surface area contributed by atoms with E-state index in [1.54, 1.807) is 11.3 Å². The molecule has 0 aliphatic heterocycles. The molecule has 102 valence electrons. The lowest BCUT2D eigenvalue weighted by Gasteiger charge is -1.99. The maximum atomic E-state index is 5.61. The number of nitrogens with two attached hydrogens (primary N) is 1. The molecule has 20 heavy (non-hydrogen) atoms. The highest BCUT2D eigenvalue weighted by molar-refractivity contribution is 7.13. The van der Waals surface area contributed by atoms with Crippen LogP contribution in [-0.4, -0.2) is 4.98 Å². The normalized spacial score (nSPS) is 10.1. The summed E-state index contributed by atoms with van der Waals surface area (Å²) in [7, 11) is 0. The zero-order chi connectivity index (χ0) is 13.1. The molecule has 0 aliphatic rings. The minimum atomic E-state index is 0. The molecule has 0 radical (unpaired) electrons. The van der Waals surface area contributed by atoms with Crippen LogP contribution in [0.15, 0.2) is 60.0 Å². The maximum Gasteiger partial charge on any atom is 0.124 e. The molecule has 2 nitrogen and oxygen atoms in total. The number of halogens is 1. The number of benzene rings is 2. The van der Waals surface area contributed by atoms with Crippen LogP contribution < -0.4 is 5.73 Å². The Labute approximate surface area is 128 Å². The van der Waals surface area contributed by atoms with Crippen molar-refractivity contribution in [1.29, 1.82) is 0 Å². The smallest absolute Gasteiger partial charge is 0.124 e. The van der Waals surface area contributed by atoms with E-state index in [2.05, 4.69) is 41.8 Å². The molecule has 0 fully saturated rings. The Balaban J connectivity index is 0.00000147. The van der Waals surface area contributed by atoms with Crippen LogP contribution in [0.5, 0.6) is 0 Å². The van der Waals surface area contributed by atoms with E-state index in [0.717, 1.165) is 27.4 Å². The van der Waals surface area contributed by atoms with Gasteiger partial charge in [-0.25, -0.2) is 4.98 Å². The Morgan fingerprint density at radius 2 is 1.60 bits per heavy atom. The third-order valence-electron chi connectivity index (χ3n) is 3.01. The standard InChI is InChI=1S/C16H14N2S.ClH/c17-10-12-6-8-14(9-7-12)16-18-15(11-19-16)13-4-2-1-3-5-13;/h1-9,11H,10,17H2;1H. The molecular weight excluding hydrogens is 288 g/mol. The van der Waals surface area contributed by atoms with Gasteiger partial charge >= 0.3 is 0 Å². The molecule has 0 unspecified atom stereocenters. The Bertz CT molecular complexity index is 662. The number of hydrogen-bond donors (Lipinski definition) is 1. The molecule has 3 rings (SSSR count). The summed E-state index contributed by atoms with van der Waals surface area (Å²) in [6.07, 6.45) is 0. The van der Waals surface area contributed by atoms with Crippen molar-refractivity contribution in [2.24, 2.45) is 5.73 Å². The first-order valence-electron chi connectivity index (χ1n) is 6.17. The second kappa shape index (κ2) is 6.66. The van der Waals surface area contributed by atoms with Crippen LogP contribution >= 0.6 is 23.7 Å². The van der Waals surface area contributed by atoms with Crippen LogP contribution in [-0.2, 0) is 6.54 Å². The molecule has 3 aromatic rings. The van der Waals surface area contributed by atoms with Gasteiger partial charge in [0.25, 0.3) is 0 Å². The van der Waals surface area contributed by atoms with E-state index in [0.29, 0.717) is 6.54 Å². The summed E-state index contributed by atoms with van der Waals surface area (Å²) < 4.78 is 0. The van der Waals surface area contributed by atoms with Gasteiger partial charge in [-0.1, -0.05) is 54.6 Å². The molecule has 1 aromatic heterocycles. The first-order chi connectivity index (χ1) is 9.36. The lowest BCUT2D eigenvalue weighted by Crippen LogP contribution is -1.95. The first-order valence-corrected chi connectivity index (χ1v) is 7.05. The summed E-state index contributed by atoms with van der Waals surface area (Å²) in [6, 6.07) is 18.5. The predicted molar refractivity (Wildman–Crippen MR) is 88.1 cm³/mol. The number of thiazole rings is 1. The quantitative estimate of drug-likeness (QED) is 0.781. The predicted octanol–water partition coefficient (Wildman–Crippen LogP) is 4.36. The summed E-state index contributed by atoms with van der Waals surface area (Å²) in [4.78, 5) is 4.69. The molecule has 0 saturated heterocycles. The lowest BCUT2D eigenvalue weighted by atomic mass is 10.1. The van der Waals surface area contributed by atoms with Gasteiger partial charge in [0.1, 0.15) is 5.01 Å². The molecule has 0 saturated carbocycles.